The highest BCUT2D eigenvalue weighted by molar-refractivity contribution is 7.26. The molecule has 1 amide bonds. The third-order valence-corrected chi connectivity index (χ3v) is 7.35. The van der Waals surface area contributed by atoms with Crippen molar-refractivity contribution in [3.8, 4) is 9.88 Å². The van der Waals surface area contributed by atoms with Crippen LogP contribution in [-0.4, -0.2) is 15.5 Å². The molecule has 0 saturated heterocycles. The molecule has 0 saturated carbocycles. The quantitative estimate of drug-likeness (QED) is 0.383. The average Bonchev–Trinajstić information content (AvgIpc) is 3.47. The van der Waals surface area contributed by atoms with E-state index < -0.39 is 0 Å². The van der Waals surface area contributed by atoms with Gasteiger partial charge in [0.1, 0.15) is 5.01 Å². The van der Waals surface area contributed by atoms with Gasteiger partial charge in [-0.3, -0.25) is 9.59 Å². The molecule has 0 aliphatic carbocycles. The number of amides is 1. The summed E-state index contributed by atoms with van der Waals surface area (Å²) in [4.78, 5) is 30.8. The first-order valence-electron chi connectivity index (χ1n) is 10.1. The molecule has 0 atom stereocenters. The Morgan fingerprint density at radius 3 is 2.47 bits per heavy atom. The van der Waals surface area contributed by atoms with E-state index in [1.165, 1.54) is 11.3 Å². The number of thiophene rings is 1. The minimum Gasteiger partial charge on any atom is -0.347 e. The van der Waals surface area contributed by atoms with Crippen LogP contribution in [0.2, 0.25) is 0 Å². The zero-order chi connectivity index (χ0) is 21.9. The van der Waals surface area contributed by atoms with Crippen molar-refractivity contribution in [2.45, 2.75) is 13.1 Å². The van der Waals surface area contributed by atoms with Crippen LogP contribution >= 0.6 is 22.7 Å². The van der Waals surface area contributed by atoms with Gasteiger partial charge in [-0.05, 0) is 41.5 Å². The summed E-state index contributed by atoms with van der Waals surface area (Å²) in [6.07, 6.45) is 1.78. The highest BCUT2D eigenvalue weighted by Crippen LogP contribution is 2.34. The number of para-hydroxylation sites is 1. The highest BCUT2D eigenvalue weighted by atomic mass is 32.1. The molecule has 5 nitrogen and oxygen atoms in total. The van der Waals surface area contributed by atoms with Gasteiger partial charge in [0, 0.05) is 18.8 Å². The normalized spacial score (nSPS) is 11.0. The van der Waals surface area contributed by atoms with E-state index in [9.17, 15) is 9.59 Å². The summed E-state index contributed by atoms with van der Waals surface area (Å²) < 4.78 is 2.80. The van der Waals surface area contributed by atoms with Gasteiger partial charge in [-0.15, -0.1) is 22.7 Å². The van der Waals surface area contributed by atoms with Crippen molar-refractivity contribution in [3.05, 3.63) is 111 Å². The van der Waals surface area contributed by atoms with Gasteiger partial charge in [0.05, 0.1) is 26.5 Å². The molecule has 0 bridgehead atoms. The molecule has 0 spiro atoms. The number of aromatic nitrogens is 2. The van der Waals surface area contributed by atoms with Gasteiger partial charge in [-0.2, -0.15) is 0 Å². The van der Waals surface area contributed by atoms with Crippen LogP contribution in [0.4, 0.5) is 0 Å². The molecule has 0 aliphatic rings. The van der Waals surface area contributed by atoms with E-state index in [0.29, 0.717) is 18.0 Å². The van der Waals surface area contributed by atoms with Crippen molar-refractivity contribution in [2.75, 3.05) is 0 Å². The highest BCUT2D eigenvalue weighted by Gasteiger charge is 2.13. The first kappa shape index (κ1) is 20.4. The van der Waals surface area contributed by atoms with Gasteiger partial charge < -0.3 is 9.88 Å². The Morgan fingerprint density at radius 1 is 0.875 bits per heavy atom. The van der Waals surface area contributed by atoms with Gasteiger partial charge in [0.15, 0.2) is 0 Å². The number of fused-ring (bicyclic) bond motifs is 1. The number of hydrogen-bond acceptors (Lipinski definition) is 5. The topological polar surface area (TPSA) is 64.0 Å². The molecule has 5 aromatic rings. The number of thiazole rings is 1. The molecule has 3 aromatic heterocycles. The van der Waals surface area contributed by atoms with E-state index >= 15 is 0 Å². The van der Waals surface area contributed by atoms with E-state index in [0.717, 1.165) is 31.2 Å². The lowest BCUT2D eigenvalue weighted by molar-refractivity contribution is 0.0955. The molecule has 32 heavy (non-hydrogen) atoms. The Hall–Kier alpha value is -3.55. The van der Waals surface area contributed by atoms with Crippen LogP contribution in [0.3, 0.4) is 0 Å². The van der Waals surface area contributed by atoms with Gasteiger partial charge >= 0.3 is 0 Å². The lowest BCUT2D eigenvalue weighted by Gasteiger charge is -2.07. The summed E-state index contributed by atoms with van der Waals surface area (Å²) >= 11 is 3.09. The Kier molecular flexibility index (Phi) is 5.66. The predicted molar refractivity (Wildman–Crippen MR) is 130 cm³/mol. The molecule has 0 radical (unpaired) electrons. The number of carbonyl (C=O) groups excluding carboxylic acids is 1. The van der Waals surface area contributed by atoms with E-state index in [4.69, 9.17) is 0 Å². The van der Waals surface area contributed by atoms with Crippen molar-refractivity contribution in [1.29, 1.82) is 0 Å². The number of hydrogen-bond donors (Lipinski definition) is 1. The van der Waals surface area contributed by atoms with Crippen LogP contribution < -0.4 is 10.9 Å². The lowest BCUT2D eigenvalue weighted by atomic mass is 10.1. The molecule has 158 valence electrons. The fourth-order valence-electron chi connectivity index (χ4n) is 3.37. The molecule has 0 unspecified atom stereocenters. The van der Waals surface area contributed by atoms with Gasteiger partial charge in [0.25, 0.3) is 11.5 Å². The Bertz CT molecular complexity index is 1410. The molecule has 5 rings (SSSR count). The zero-order valence-corrected chi connectivity index (χ0v) is 18.7. The van der Waals surface area contributed by atoms with Crippen molar-refractivity contribution in [1.82, 2.24) is 14.9 Å². The van der Waals surface area contributed by atoms with E-state index in [2.05, 4.69) is 16.4 Å². The molecule has 2 aromatic carbocycles. The number of nitrogens with zero attached hydrogens (tertiary/aromatic N) is 2. The van der Waals surface area contributed by atoms with E-state index in [1.54, 1.807) is 34.2 Å². The molecule has 0 fully saturated rings. The monoisotopic (exact) mass is 457 g/mol. The number of pyridine rings is 1. The third kappa shape index (κ3) is 4.39. The Balaban J connectivity index is 1.21. The second kappa shape index (κ2) is 8.90. The second-order valence-corrected chi connectivity index (χ2v) is 9.43. The zero-order valence-electron chi connectivity index (χ0n) is 17.0. The summed E-state index contributed by atoms with van der Waals surface area (Å²) in [7, 11) is 0. The maximum atomic E-state index is 12.6. The summed E-state index contributed by atoms with van der Waals surface area (Å²) in [5.41, 5.74) is 3.00. The number of carbonyl (C=O) groups is 1. The van der Waals surface area contributed by atoms with Crippen LogP contribution in [0.25, 0.3) is 20.1 Å². The van der Waals surface area contributed by atoms with Crippen LogP contribution in [-0.2, 0) is 13.1 Å². The first-order chi connectivity index (χ1) is 15.7. The number of nitrogens with one attached hydrogen (secondary N) is 1. The van der Waals surface area contributed by atoms with Crippen LogP contribution in [0.1, 0.15) is 20.8 Å². The predicted octanol–water partition coefficient (Wildman–Crippen LogP) is 5.16. The Labute approximate surface area is 192 Å². The smallest absolute Gasteiger partial charge is 0.261 e. The fraction of sp³-hybridized carbons (Fsp3) is 0.0800. The maximum absolute atomic E-state index is 12.6. The maximum Gasteiger partial charge on any atom is 0.261 e. The lowest BCUT2D eigenvalue weighted by Crippen LogP contribution is -2.21. The Morgan fingerprint density at radius 2 is 1.66 bits per heavy atom. The van der Waals surface area contributed by atoms with Crippen LogP contribution in [0, 0.1) is 0 Å². The SMILES string of the molecule is O=C(NCc1ccc(Cn2ccccc2=O)cc1)c1ccc(-c2nc3ccccc3s2)s1. The largest absolute Gasteiger partial charge is 0.347 e. The summed E-state index contributed by atoms with van der Waals surface area (Å²) in [6.45, 7) is 0.967. The van der Waals surface area contributed by atoms with Gasteiger partial charge in [0.2, 0.25) is 0 Å². The standard InChI is InChI=1S/C25H19N3O2S2/c29-23-7-3-4-14-28(23)16-18-10-8-17(9-11-18)15-26-24(30)21-12-13-22(31-21)25-27-19-5-1-2-6-20(19)32-25/h1-14H,15-16H2,(H,26,30). The van der Waals surface area contributed by atoms with Crippen LogP contribution in [0.15, 0.2) is 89.9 Å². The number of benzene rings is 2. The summed E-state index contributed by atoms with van der Waals surface area (Å²) in [5.74, 6) is -0.0951. The molecule has 1 N–H and O–H groups in total. The summed E-state index contributed by atoms with van der Waals surface area (Å²) in [6, 6.07) is 24.9. The van der Waals surface area contributed by atoms with Crippen molar-refractivity contribution < 1.29 is 4.79 Å². The van der Waals surface area contributed by atoms with Gasteiger partial charge in [-0.25, -0.2) is 4.98 Å². The molecule has 3 heterocycles. The van der Waals surface area contributed by atoms with Crippen molar-refractivity contribution >= 4 is 38.8 Å². The van der Waals surface area contributed by atoms with E-state index in [-0.39, 0.29) is 11.5 Å². The summed E-state index contributed by atoms with van der Waals surface area (Å²) in [5, 5.41) is 3.92. The van der Waals surface area contributed by atoms with Gasteiger partial charge in [-0.1, -0.05) is 42.5 Å². The van der Waals surface area contributed by atoms with Crippen LogP contribution in [0.5, 0.6) is 0 Å². The minimum atomic E-state index is -0.0951. The molecular weight excluding hydrogens is 438 g/mol. The van der Waals surface area contributed by atoms with Crippen molar-refractivity contribution in [3.63, 3.8) is 0 Å². The molecular formula is C25H19N3O2S2. The minimum absolute atomic E-state index is 0.0231. The van der Waals surface area contributed by atoms with Crippen molar-refractivity contribution in [2.24, 2.45) is 0 Å². The molecule has 0 aliphatic heterocycles. The first-order valence-corrected chi connectivity index (χ1v) is 11.8. The molecule has 7 heteroatoms. The third-order valence-electron chi connectivity index (χ3n) is 5.06. The van der Waals surface area contributed by atoms with E-state index in [1.807, 2.05) is 60.7 Å². The average molecular weight is 458 g/mol. The second-order valence-electron chi connectivity index (χ2n) is 7.32. The fourth-order valence-corrected chi connectivity index (χ4v) is 5.32. The number of rotatable bonds is 6.